The molecule has 2 N–H and O–H groups in total. The van der Waals surface area contributed by atoms with Gasteiger partial charge in [-0.2, -0.15) is 0 Å². The number of nitrogens with zero attached hydrogens (tertiary/aromatic N) is 1. The summed E-state index contributed by atoms with van der Waals surface area (Å²) in [7, 11) is 0. The third-order valence-electron chi connectivity index (χ3n) is 3.43. The molecule has 3 rings (SSSR count). The lowest BCUT2D eigenvalue weighted by Gasteiger charge is -2.07. The van der Waals surface area contributed by atoms with E-state index in [0.717, 1.165) is 37.8 Å². The molecule has 2 aromatic carbocycles. The minimum absolute atomic E-state index is 0.668. The summed E-state index contributed by atoms with van der Waals surface area (Å²) in [5.41, 5.74) is 11.3. The fourth-order valence-electron chi connectivity index (χ4n) is 2.43. The third kappa shape index (κ3) is 2.59. The highest BCUT2D eigenvalue weighted by atomic mass is 32.1. The molecule has 0 atom stereocenters. The van der Waals surface area contributed by atoms with Gasteiger partial charge in [0.2, 0.25) is 0 Å². The van der Waals surface area contributed by atoms with E-state index in [2.05, 4.69) is 19.1 Å². The van der Waals surface area contributed by atoms with Crippen molar-refractivity contribution in [1.82, 2.24) is 4.98 Å². The molecule has 1 heterocycles. The molecule has 4 heteroatoms. The molecule has 0 unspecified atom stereocenters. The van der Waals surface area contributed by atoms with Gasteiger partial charge in [0.25, 0.3) is 0 Å². The Morgan fingerprint density at radius 3 is 2.76 bits per heavy atom. The predicted molar refractivity (Wildman–Crippen MR) is 90.1 cm³/mol. The van der Waals surface area contributed by atoms with E-state index in [0.29, 0.717) is 6.61 Å². The molecular formula is C17H18N2OS. The Labute approximate surface area is 128 Å². The quantitative estimate of drug-likeness (QED) is 0.721. The maximum absolute atomic E-state index is 6.22. The maximum atomic E-state index is 6.22. The van der Waals surface area contributed by atoms with Crippen LogP contribution in [0.2, 0.25) is 0 Å². The van der Waals surface area contributed by atoms with Gasteiger partial charge in [0.15, 0.2) is 0 Å². The summed E-state index contributed by atoms with van der Waals surface area (Å²) < 4.78 is 6.66. The second kappa shape index (κ2) is 5.37. The molecule has 0 saturated carbocycles. The number of anilines is 1. The van der Waals surface area contributed by atoms with Gasteiger partial charge < -0.3 is 10.5 Å². The van der Waals surface area contributed by atoms with Crippen LogP contribution in [0.15, 0.2) is 30.3 Å². The van der Waals surface area contributed by atoms with Crippen molar-refractivity contribution in [2.24, 2.45) is 0 Å². The first-order valence-corrected chi connectivity index (χ1v) is 7.80. The van der Waals surface area contributed by atoms with E-state index >= 15 is 0 Å². The lowest BCUT2D eigenvalue weighted by molar-refractivity contribution is 0.341. The summed E-state index contributed by atoms with van der Waals surface area (Å²) in [6.45, 7) is 6.77. The van der Waals surface area contributed by atoms with Crippen LogP contribution in [0.4, 0.5) is 5.69 Å². The molecule has 1 aromatic heterocycles. The van der Waals surface area contributed by atoms with Crippen molar-refractivity contribution in [3.05, 3.63) is 41.5 Å². The molecule has 21 heavy (non-hydrogen) atoms. The van der Waals surface area contributed by atoms with E-state index in [1.165, 1.54) is 5.56 Å². The number of hydrogen-bond donors (Lipinski definition) is 1. The highest BCUT2D eigenvalue weighted by molar-refractivity contribution is 7.21. The van der Waals surface area contributed by atoms with Gasteiger partial charge in [0, 0.05) is 11.3 Å². The van der Waals surface area contributed by atoms with E-state index in [4.69, 9.17) is 15.5 Å². The molecular weight excluding hydrogens is 280 g/mol. The van der Waals surface area contributed by atoms with Crippen LogP contribution < -0.4 is 10.5 Å². The Morgan fingerprint density at radius 2 is 2.00 bits per heavy atom. The van der Waals surface area contributed by atoms with Crippen LogP contribution >= 0.6 is 11.3 Å². The molecule has 0 bridgehead atoms. The summed E-state index contributed by atoms with van der Waals surface area (Å²) in [5, 5.41) is 0.961. The van der Waals surface area contributed by atoms with E-state index in [9.17, 15) is 0 Å². The molecule has 108 valence electrons. The van der Waals surface area contributed by atoms with Crippen molar-refractivity contribution in [2.45, 2.75) is 20.8 Å². The zero-order valence-electron chi connectivity index (χ0n) is 12.4. The van der Waals surface area contributed by atoms with Crippen molar-refractivity contribution in [3.63, 3.8) is 0 Å². The summed E-state index contributed by atoms with van der Waals surface area (Å²) >= 11 is 1.65. The number of nitrogen functional groups attached to an aromatic ring is 1. The Balaban J connectivity index is 2.13. The first kappa shape index (κ1) is 13.9. The Hall–Kier alpha value is -2.07. The van der Waals surface area contributed by atoms with Gasteiger partial charge in [-0.3, -0.25) is 0 Å². The zero-order valence-corrected chi connectivity index (χ0v) is 13.3. The number of ether oxygens (including phenoxy) is 1. The van der Waals surface area contributed by atoms with Crippen LogP contribution in [0.3, 0.4) is 0 Å². The first-order chi connectivity index (χ1) is 10.1. The van der Waals surface area contributed by atoms with Gasteiger partial charge in [-0.1, -0.05) is 11.6 Å². The first-order valence-electron chi connectivity index (χ1n) is 6.99. The molecule has 0 spiro atoms. The Bertz CT molecular complexity index is 808. The smallest absolute Gasteiger partial charge is 0.126 e. The molecule has 0 radical (unpaired) electrons. The molecule has 0 aliphatic rings. The summed E-state index contributed by atoms with van der Waals surface area (Å²) in [5.74, 6) is 0.883. The Morgan fingerprint density at radius 1 is 1.19 bits per heavy atom. The van der Waals surface area contributed by atoms with Crippen LogP contribution in [0.5, 0.6) is 5.75 Å². The fourth-order valence-corrected chi connectivity index (χ4v) is 3.46. The van der Waals surface area contributed by atoms with Crippen molar-refractivity contribution in [1.29, 1.82) is 0 Å². The molecule has 3 aromatic rings. The topological polar surface area (TPSA) is 48.1 Å². The average molecular weight is 298 g/mol. The minimum atomic E-state index is 0.668. The average Bonchev–Trinajstić information content (AvgIpc) is 2.86. The lowest BCUT2D eigenvalue weighted by atomic mass is 10.1. The monoisotopic (exact) mass is 298 g/mol. The molecule has 0 amide bonds. The fraction of sp³-hybridized carbons (Fsp3) is 0.235. The molecule has 3 nitrogen and oxygen atoms in total. The number of hydrogen-bond acceptors (Lipinski definition) is 4. The number of benzene rings is 2. The van der Waals surface area contributed by atoms with Crippen LogP contribution in [-0.4, -0.2) is 11.6 Å². The second-order valence-electron chi connectivity index (χ2n) is 5.12. The summed E-state index contributed by atoms with van der Waals surface area (Å²) in [6.07, 6.45) is 0. The molecule has 0 saturated heterocycles. The van der Waals surface area contributed by atoms with Crippen molar-refractivity contribution < 1.29 is 4.74 Å². The maximum Gasteiger partial charge on any atom is 0.126 e. The number of rotatable bonds is 3. The van der Waals surface area contributed by atoms with Gasteiger partial charge >= 0.3 is 0 Å². The molecule has 0 fully saturated rings. The van der Waals surface area contributed by atoms with E-state index in [1.807, 2.05) is 32.0 Å². The normalized spacial score (nSPS) is 11.0. The highest BCUT2D eigenvalue weighted by Gasteiger charge is 2.12. The van der Waals surface area contributed by atoms with E-state index < -0.39 is 0 Å². The van der Waals surface area contributed by atoms with Crippen LogP contribution in [0, 0.1) is 13.8 Å². The third-order valence-corrected chi connectivity index (χ3v) is 4.48. The van der Waals surface area contributed by atoms with Gasteiger partial charge in [-0.25, -0.2) is 4.98 Å². The zero-order chi connectivity index (χ0) is 15.0. The number of nitrogens with two attached hydrogens (primary N) is 1. The van der Waals surface area contributed by atoms with Crippen molar-refractivity contribution >= 4 is 27.2 Å². The van der Waals surface area contributed by atoms with Gasteiger partial charge in [0.1, 0.15) is 10.8 Å². The number of fused-ring (bicyclic) bond motifs is 1. The Kier molecular flexibility index (Phi) is 3.55. The number of aromatic nitrogens is 1. The summed E-state index contributed by atoms with van der Waals surface area (Å²) in [4.78, 5) is 4.71. The van der Waals surface area contributed by atoms with Crippen LogP contribution in [-0.2, 0) is 0 Å². The van der Waals surface area contributed by atoms with Gasteiger partial charge in [-0.15, -0.1) is 11.3 Å². The van der Waals surface area contributed by atoms with Gasteiger partial charge in [0.05, 0.1) is 16.8 Å². The predicted octanol–water partition coefficient (Wildman–Crippen LogP) is 4.56. The lowest BCUT2D eigenvalue weighted by Crippen LogP contribution is -1.94. The van der Waals surface area contributed by atoms with Crippen LogP contribution in [0.25, 0.3) is 20.8 Å². The summed E-state index contributed by atoms with van der Waals surface area (Å²) in [6, 6.07) is 10.2. The minimum Gasteiger partial charge on any atom is -0.494 e. The highest BCUT2D eigenvalue weighted by Crippen LogP contribution is 2.36. The standard InChI is InChI=1S/C17H18N2OS/c1-4-20-12-5-6-14-15(9-12)21-17(19-14)13-8-10(2)7-11(3)16(13)18/h5-9H,4,18H2,1-3H3. The van der Waals surface area contributed by atoms with E-state index in [-0.39, 0.29) is 0 Å². The molecule has 0 aliphatic heterocycles. The molecule has 0 aliphatic carbocycles. The van der Waals surface area contributed by atoms with Gasteiger partial charge in [-0.05, 0) is 50.6 Å². The van der Waals surface area contributed by atoms with Crippen LogP contribution in [0.1, 0.15) is 18.1 Å². The SMILES string of the molecule is CCOc1ccc2nc(-c3cc(C)cc(C)c3N)sc2c1. The largest absolute Gasteiger partial charge is 0.494 e. The number of thiazole rings is 1. The van der Waals surface area contributed by atoms with Crippen molar-refractivity contribution in [3.8, 4) is 16.3 Å². The number of aryl methyl sites for hydroxylation is 2. The second-order valence-corrected chi connectivity index (χ2v) is 6.16. The van der Waals surface area contributed by atoms with Crippen molar-refractivity contribution in [2.75, 3.05) is 12.3 Å². The van der Waals surface area contributed by atoms with E-state index in [1.54, 1.807) is 11.3 Å².